The molecule has 1 heterocycles. The smallest absolute Gasteiger partial charge is 0.251 e. The Morgan fingerprint density at radius 3 is 2.54 bits per heavy atom. The van der Waals surface area contributed by atoms with Crippen molar-refractivity contribution in [1.82, 2.24) is 10.2 Å². The van der Waals surface area contributed by atoms with Crippen LogP contribution in [0.4, 0.5) is 0 Å². The van der Waals surface area contributed by atoms with Gasteiger partial charge in [0, 0.05) is 17.7 Å². The van der Waals surface area contributed by atoms with Crippen LogP contribution in [0.3, 0.4) is 0 Å². The van der Waals surface area contributed by atoms with Crippen molar-refractivity contribution in [2.75, 3.05) is 33.9 Å². The topological polar surface area (TPSA) is 63.2 Å². The van der Waals surface area contributed by atoms with Crippen molar-refractivity contribution in [3.63, 3.8) is 0 Å². The molecule has 1 amide bonds. The van der Waals surface area contributed by atoms with Gasteiger partial charge in [-0.15, -0.1) is 0 Å². The summed E-state index contributed by atoms with van der Waals surface area (Å²) in [5.41, 5.74) is 2.61. The van der Waals surface area contributed by atoms with Gasteiger partial charge in [-0.05, 0) is 49.7 Å². The highest BCUT2D eigenvalue weighted by atomic mass is 16.6. The number of nitrogens with one attached hydrogen (secondary N) is 1. The SMILES string of the molecule is CO/N=C/c1ccc(C(=O)NCC(c2ccccc2OC)N2CCCC2)cc1. The lowest BCUT2D eigenvalue weighted by atomic mass is 10.0. The molecule has 2 aromatic rings. The molecule has 2 aromatic carbocycles. The molecule has 0 radical (unpaired) electrons. The van der Waals surface area contributed by atoms with Crippen LogP contribution in [0.1, 0.15) is 40.4 Å². The third-order valence-electron chi connectivity index (χ3n) is 5.02. The molecule has 0 bridgehead atoms. The Morgan fingerprint density at radius 2 is 1.86 bits per heavy atom. The molecule has 148 valence electrons. The molecule has 1 atom stereocenters. The van der Waals surface area contributed by atoms with Gasteiger partial charge in [0.2, 0.25) is 0 Å². The number of para-hydroxylation sites is 1. The molecular formula is C22H27N3O3. The number of oxime groups is 1. The zero-order valence-electron chi connectivity index (χ0n) is 16.4. The summed E-state index contributed by atoms with van der Waals surface area (Å²) in [6, 6.07) is 15.4. The summed E-state index contributed by atoms with van der Waals surface area (Å²) in [5, 5.41) is 6.82. The fourth-order valence-corrected chi connectivity index (χ4v) is 3.56. The van der Waals surface area contributed by atoms with E-state index in [1.54, 1.807) is 25.5 Å². The first-order valence-corrected chi connectivity index (χ1v) is 9.54. The maximum absolute atomic E-state index is 12.7. The Balaban J connectivity index is 1.71. The van der Waals surface area contributed by atoms with Gasteiger partial charge in [0.1, 0.15) is 12.9 Å². The molecule has 0 spiro atoms. The molecule has 0 saturated carbocycles. The number of carbonyl (C=O) groups is 1. The van der Waals surface area contributed by atoms with E-state index in [0.29, 0.717) is 12.1 Å². The number of hydrogen-bond acceptors (Lipinski definition) is 5. The van der Waals surface area contributed by atoms with E-state index in [4.69, 9.17) is 4.74 Å². The van der Waals surface area contributed by atoms with Gasteiger partial charge in [-0.3, -0.25) is 9.69 Å². The van der Waals surface area contributed by atoms with Crippen LogP contribution >= 0.6 is 0 Å². The quantitative estimate of drug-likeness (QED) is 0.563. The van der Waals surface area contributed by atoms with Gasteiger partial charge in [0.05, 0.1) is 19.4 Å². The molecule has 1 N–H and O–H groups in total. The van der Waals surface area contributed by atoms with Crippen molar-refractivity contribution in [3.8, 4) is 5.75 Å². The number of amides is 1. The summed E-state index contributed by atoms with van der Waals surface area (Å²) >= 11 is 0. The van der Waals surface area contributed by atoms with Crippen molar-refractivity contribution in [2.45, 2.75) is 18.9 Å². The summed E-state index contributed by atoms with van der Waals surface area (Å²) in [5.74, 6) is 0.768. The van der Waals surface area contributed by atoms with Crippen molar-refractivity contribution >= 4 is 12.1 Å². The van der Waals surface area contributed by atoms with Gasteiger partial charge in [-0.2, -0.15) is 0 Å². The number of likely N-dealkylation sites (tertiary alicyclic amines) is 1. The molecule has 6 heteroatoms. The van der Waals surface area contributed by atoms with Crippen molar-refractivity contribution in [1.29, 1.82) is 0 Å². The molecule has 1 aliphatic heterocycles. The molecule has 1 saturated heterocycles. The molecule has 6 nitrogen and oxygen atoms in total. The second kappa shape index (κ2) is 9.90. The highest BCUT2D eigenvalue weighted by Gasteiger charge is 2.26. The van der Waals surface area contributed by atoms with Gasteiger partial charge in [0.25, 0.3) is 5.91 Å². The third-order valence-corrected chi connectivity index (χ3v) is 5.02. The lowest BCUT2D eigenvalue weighted by Crippen LogP contribution is -2.37. The lowest BCUT2D eigenvalue weighted by Gasteiger charge is -2.29. The normalized spacial score (nSPS) is 15.5. The third kappa shape index (κ3) is 4.89. The summed E-state index contributed by atoms with van der Waals surface area (Å²) in [4.78, 5) is 19.7. The zero-order valence-corrected chi connectivity index (χ0v) is 16.4. The van der Waals surface area contributed by atoms with E-state index in [1.165, 1.54) is 20.0 Å². The van der Waals surface area contributed by atoms with Gasteiger partial charge in [0.15, 0.2) is 0 Å². The number of methoxy groups -OCH3 is 1. The van der Waals surface area contributed by atoms with E-state index in [1.807, 2.05) is 30.3 Å². The molecule has 0 aromatic heterocycles. The Bertz CT molecular complexity index is 799. The van der Waals surface area contributed by atoms with Crippen molar-refractivity contribution in [3.05, 3.63) is 65.2 Å². The Morgan fingerprint density at radius 1 is 1.14 bits per heavy atom. The van der Waals surface area contributed by atoms with E-state index >= 15 is 0 Å². The van der Waals surface area contributed by atoms with Crippen LogP contribution in [0.5, 0.6) is 5.75 Å². The summed E-state index contributed by atoms with van der Waals surface area (Å²) in [6.07, 6.45) is 3.97. The van der Waals surface area contributed by atoms with E-state index in [-0.39, 0.29) is 11.9 Å². The molecule has 3 rings (SSSR count). The lowest BCUT2D eigenvalue weighted by molar-refractivity contribution is 0.0937. The van der Waals surface area contributed by atoms with E-state index in [0.717, 1.165) is 30.0 Å². The second-order valence-corrected chi connectivity index (χ2v) is 6.75. The first kappa shape index (κ1) is 19.9. The first-order chi connectivity index (χ1) is 13.7. The van der Waals surface area contributed by atoms with Crippen LogP contribution in [0.15, 0.2) is 53.7 Å². The predicted molar refractivity (Wildman–Crippen MR) is 110 cm³/mol. The maximum Gasteiger partial charge on any atom is 0.251 e. The number of carbonyl (C=O) groups excluding carboxylic acids is 1. The number of rotatable bonds is 8. The van der Waals surface area contributed by atoms with E-state index in [9.17, 15) is 4.79 Å². The van der Waals surface area contributed by atoms with E-state index in [2.05, 4.69) is 26.3 Å². The van der Waals surface area contributed by atoms with Crippen LogP contribution < -0.4 is 10.1 Å². The minimum Gasteiger partial charge on any atom is -0.496 e. The van der Waals surface area contributed by atoms with Crippen LogP contribution in [0.25, 0.3) is 0 Å². The summed E-state index contributed by atoms with van der Waals surface area (Å²) < 4.78 is 5.56. The Labute approximate surface area is 166 Å². The second-order valence-electron chi connectivity index (χ2n) is 6.75. The highest BCUT2D eigenvalue weighted by molar-refractivity contribution is 5.95. The van der Waals surface area contributed by atoms with Crippen LogP contribution in [-0.2, 0) is 4.84 Å². The van der Waals surface area contributed by atoms with Crippen molar-refractivity contribution in [2.24, 2.45) is 5.16 Å². The summed E-state index contributed by atoms with van der Waals surface area (Å²) in [7, 11) is 3.18. The number of hydrogen-bond donors (Lipinski definition) is 1. The minimum absolute atomic E-state index is 0.0886. The number of ether oxygens (including phenoxy) is 1. The monoisotopic (exact) mass is 381 g/mol. The molecule has 0 aliphatic carbocycles. The van der Waals surface area contributed by atoms with E-state index < -0.39 is 0 Å². The van der Waals surface area contributed by atoms with Gasteiger partial charge < -0.3 is 14.9 Å². The zero-order chi connectivity index (χ0) is 19.8. The van der Waals surface area contributed by atoms with Crippen LogP contribution in [0.2, 0.25) is 0 Å². The van der Waals surface area contributed by atoms with Crippen molar-refractivity contribution < 1.29 is 14.4 Å². The molecule has 1 aliphatic rings. The van der Waals surface area contributed by atoms with Gasteiger partial charge >= 0.3 is 0 Å². The number of nitrogens with zero attached hydrogens (tertiary/aromatic N) is 2. The highest BCUT2D eigenvalue weighted by Crippen LogP contribution is 2.31. The fourth-order valence-electron chi connectivity index (χ4n) is 3.56. The van der Waals surface area contributed by atoms with Crippen LogP contribution in [0, 0.1) is 0 Å². The summed E-state index contributed by atoms with van der Waals surface area (Å²) in [6.45, 7) is 2.60. The predicted octanol–water partition coefficient (Wildman–Crippen LogP) is 3.24. The largest absolute Gasteiger partial charge is 0.496 e. The van der Waals surface area contributed by atoms with Gasteiger partial charge in [-0.25, -0.2) is 0 Å². The Hall–Kier alpha value is -2.86. The van der Waals surface area contributed by atoms with Gasteiger partial charge in [-0.1, -0.05) is 35.5 Å². The number of benzene rings is 2. The first-order valence-electron chi connectivity index (χ1n) is 9.54. The maximum atomic E-state index is 12.7. The Kier molecular flexibility index (Phi) is 7.03. The molecule has 28 heavy (non-hydrogen) atoms. The molecule has 1 unspecified atom stereocenters. The van der Waals surface area contributed by atoms with Crippen LogP contribution in [-0.4, -0.2) is 50.9 Å². The average Bonchev–Trinajstić information content (AvgIpc) is 3.27. The average molecular weight is 381 g/mol. The molecule has 1 fully saturated rings. The fraction of sp³-hybridized carbons (Fsp3) is 0.364. The molecular weight excluding hydrogens is 354 g/mol. The standard InChI is InChI=1S/C22H27N3O3/c1-27-21-8-4-3-7-19(21)20(25-13-5-6-14-25)16-23-22(26)18-11-9-17(10-12-18)15-24-28-2/h3-4,7-12,15,20H,5-6,13-14,16H2,1-2H3,(H,23,26)/b24-15+. The minimum atomic E-state index is -0.0886.